The van der Waals surface area contributed by atoms with Gasteiger partial charge in [0.2, 0.25) is 0 Å². The van der Waals surface area contributed by atoms with Crippen molar-refractivity contribution in [2.24, 2.45) is 0 Å². The molecule has 1 aliphatic rings. The summed E-state index contributed by atoms with van der Waals surface area (Å²) < 4.78 is 5.75. The van der Waals surface area contributed by atoms with Gasteiger partial charge in [0, 0.05) is 6.04 Å². The first-order chi connectivity index (χ1) is 5.83. The maximum Gasteiger partial charge on any atom is 0.0620 e. The normalized spacial score (nSPS) is 21.5. The van der Waals surface area contributed by atoms with Gasteiger partial charge >= 0.3 is 0 Å². The number of rotatable bonds is 5. The number of hydrogen-bond donors (Lipinski definition) is 1. The van der Waals surface area contributed by atoms with Gasteiger partial charge in [-0.25, -0.2) is 0 Å². The van der Waals surface area contributed by atoms with Crippen molar-refractivity contribution in [3.05, 3.63) is 0 Å². The zero-order valence-electron chi connectivity index (χ0n) is 8.31. The third-order valence-electron chi connectivity index (χ3n) is 2.44. The smallest absolute Gasteiger partial charge is 0.0620 e. The highest BCUT2D eigenvalue weighted by atomic mass is 16.5. The van der Waals surface area contributed by atoms with Crippen LogP contribution >= 0.6 is 0 Å². The molecule has 0 aromatic rings. The average Bonchev–Trinajstić information content (AvgIpc) is 2.53. The van der Waals surface area contributed by atoms with Gasteiger partial charge in [0.1, 0.15) is 0 Å². The van der Waals surface area contributed by atoms with E-state index in [1.54, 1.807) is 0 Å². The molecule has 0 aromatic heterocycles. The third-order valence-corrected chi connectivity index (χ3v) is 2.44. The lowest BCUT2D eigenvalue weighted by Crippen LogP contribution is -2.31. The van der Waals surface area contributed by atoms with Crippen molar-refractivity contribution >= 4 is 0 Å². The molecule has 72 valence electrons. The molecule has 0 heterocycles. The van der Waals surface area contributed by atoms with Crippen molar-refractivity contribution in [2.75, 3.05) is 13.2 Å². The largest absolute Gasteiger partial charge is 0.377 e. The summed E-state index contributed by atoms with van der Waals surface area (Å²) in [7, 11) is 0. The first-order valence-electron chi connectivity index (χ1n) is 5.18. The second-order valence-electron chi connectivity index (χ2n) is 3.70. The zero-order chi connectivity index (χ0) is 8.81. The molecule has 0 spiro atoms. The second-order valence-corrected chi connectivity index (χ2v) is 3.70. The Hall–Kier alpha value is -0.0800. The van der Waals surface area contributed by atoms with E-state index < -0.39 is 0 Å². The quantitative estimate of drug-likeness (QED) is 0.682. The van der Waals surface area contributed by atoms with E-state index in [4.69, 9.17) is 4.74 Å². The van der Waals surface area contributed by atoms with Crippen molar-refractivity contribution < 1.29 is 4.74 Å². The Labute approximate surface area is 75.7 Å². The SMILES string of the molecule is CCNC(C)COC1CCCC1. The topological polar surface area (TPSA) is 21.3 Å². The fourth-order valence-corrected chi connectivity index (χ4v) is 1.74. The van der Waals surface area contributed by atoms with Crippen LogP contribution in [0.15, 0.2) is 0 Å². The molecule has 2 heteroatoms. The number of ether oxygens (including phenoxy) is 1. The van der Waals surface area contributed by atoms with Crippen LogP contribution in [0.2, 0.25) is 0 Å². The van der Waals surface area contributed by atoms with Gasteiger partial charge in [-0.3, -0.25) is 0 Å². The lowest BCUT2D eigenvalue weighted by molar-refractivity contribution is 0.0461. The molecule has 0 saturated heterocycles. The highest BCUT2D eigenvalue weighted by Gasteiger charge is 2.15. The summed E-state index contributed by atoms with van der Waals surface area (Å²) in [5, 5.41) is 3.34. The van der Waals surface area contributed by atoms with E-state index in [0.717, 1.165) is 13.2 Å². The summed E-state index contributed by atoms with van der Waals surface area (Å²) in [6, 6.07) is 0.510. The molecule has 1 rings (SSSR count). The van der Waals surface area contributed by atoms with Gasteiger partial charge < -0.3 is 10.1 Å². The van der Waals surface area contributed by atoms with Crippen LogP contribution in [-0.2, 0) is 4.74 Å². The number of nitrogens with one attached hydrogen (secondary N) is 1. The summed E-state index contributed by atoms with van der Waals surface area (Å²) in [6.45, 7) is 6.22. The molecule has 0 aromatic carbocycles. The average molecular weight is 171 g/mol. The highest BCUT2D eigenvalue weighted by Crippen LogP contribution is 2.20. The van der Waals surface area contributed by atoms with Gasteiger partial charge in [0.05, 0.1) is 12.7 Å². The van der Waals surface area contributed by atoms with E-state index in [9.17, 15) is 0 Å². The zero-order valence-corrected chi connectivity index (χ0v) is 8.31. The van der Waals surface area contributed by atoms with Crippen LogP contribution in [-0.4, -0.2) is 25.3 Å². The summed E-state index contributed by atoms with van der Waals surface area (Å²) in [5.41, 5.74) is 0. The van der Waals surface area contributed by atoms with Gasteiger partial charge in [0.15, 0.2) is 0 Å². The highest BCUT2D eigenvalue weighted by molar-refractivity contribution is 4.68. The fraction of sp³-hybridized carbons (Fsp3) is 1.00. The molecule has 0 radical (unpaired) electrons. The Balaban J connectivity index is 1.99. The molecule has 0 bridgehead atoms. The van der Waals surface area contributed by atoms with Crippen LogP contribution in [0.25, 0.3) is 0 Å². The molecule has 0 amide bonds. The molecular weight excluding hydrogens is 150 g/mol. The first kappa shape index (κ1) is 10.0. The first-order valence-corrected chi connectivity index (χ1v) is 5.18. The molecule has 1 aliphatic carbocycles. The van der Waals surface area contributed by atoms with Crippen molar-refractivity contribution in [1.82, 2.24) is 5.32 Å². The van der Waals surface area contributed by atoms with Crippen molar-refractivity contribution in [2.45, 2.75) is 51.7 Å². The molecule has 1 atom stereocenters. The van der Waals surface area contributed by atoms with Crippen LogP contribution in [0, 0.1) is 0 Å². The lowest BCUT2D eigenvalue weighted by atomic mass is 10.3. The maximum atomic E-state index is 5.75. The van der Waals surface area contributed by atoms with Gasteiger partial charge in [-0.05, 0) is 26.3 Å². The van der Waals surface area contributed by atoms with Crippen LogP contribution in [0.3, 0.4) is 0 Å². The van der Waals surface area contributed by atoms with Crippen molar-refractivity contribution in [1.29, 1.82) is 0 Å². The van der Waals surface area contributed by atoms with E-state index in [-0.39, 0.29) is 0 Å². The van der Waals surface area contributed by atoms with E-state index >= 15 is 0 Å². The van der Waals surface area contributed by atoms with Crippen LogP contribution < -0.4 is 5.32 Å². The Bertz CT molecular complexity index is 110. The van der Waals surface area contributed by atoms with Gasteiger partial charge in [0.25, 0.3) is 0 Å². The molecule has 2 nitrogen and oxygen atoms in total. The summed E-state index contributed by atoms with van der Waals surface area (Å²) in [4.78, 5) is 0. The van der Waals surface area contributed by atoms with Crippen LogP contribution in [0.5, 0.6) is 0 Å². The summed E-state index contributed by atoms with van der Waals surface area (Å²) >= 11 is 0. The minimum atomic E-state index is 0.510. The predicted molar refractivity (Wildman–Crippen MR) is 51.3 cm³/mol. The molecular formula is C10H21NO. The molecule has 1 fully saturated rings. The minimum absolute atomic E-state index is 0.510. The summed E-state index contributed by atoms with van der Waals surface area (Å²) in [5.74, 6) is 0. The van der Waals surface area contributed by atoms with Gasteiger partial charge in [-0.1, -0.05) is 19.8 Å². The minimum Gasteiger partial charge on any atom is -0.377 e. The number of likely N-dealkylation sites (N-methyl/N-ethyl adjacent to an activating group) is 1. The lowest BCUT2D eigenvalue weighted by Gasteiger charge is -2.16. The molecule has 12 heavy (non-hydrogen) atoms. The Morgan fingerprint density at radius 3 is 2.67 bits per heavy atom. The third kappa shape index (κ3) is 3.55. The van der Waals surface area contributed by atoms with E-state index in [0.29, 0.717) is 12.1 Å². The Kier molecular flexibility index (Phi) is 4.62. The van der Waals surface area contributed by atoms with Crippen LogP contribution in [0.4, 0.5) is 0 Å². The molecule has 1 saturated carbocycles. The molecule has 1 N–H and O–H groups in total. The molecule has 1 unspecified atom stereocenters. The Morgan fingerprint density at radius 2 is 2.08 bits per heavy atom. The van der Waals surface area contributed by atoms with E-state index in [1.165, 1.54) is 25.7 Å². The second kappa shape index (κ2) is 5.55. The monoisotopic (exact) mass is 171 g/mol. The van der Waals surface area contributed by atoms with Crippen molar-refractivity contribution in [3.63, 3.8) is 0 Å². The maximum absolute atomic E-state index is 5.75. The summed E-state index contributed by atoms with van der Waals surface area (Å²) in [6.07, 6.45) is 5.84. The molecule has 0 aliphatic heterocycles. The predicted octanol–water partition coefficient (Wildman–Crippen LogP) is 1.94. The number of hydrogen-bond acceptors (Lipinski definition) is 2. The van der Waals surface area contributed by atoms with E-state index in [1.807, 2.05) is 0 Å². The fourth-order valence-electron chi connectivity index (χ4n) is 1.74. The van der Waals surface area contributed by atoms with E-state index in [2.05, 4.69) is 19.2 Å². The Morgan fingerprint density at radius 1 is 1.42 bits per heavy atom. The van der Waals surface area contributed by atoms with Gasteiger partial charge in [-0.15, -0.1) is 0 Å². The van der Waals surface area contributed by atoms with Gasteiger partial charge in [-0.2, -0.15) is 0 Å². The van der Waals surface area contributed by atoms with Crippen molar-refractivity contribution in [3.8, 4) is 0 Å². The van der Waals surface area contributed by atoms with Crippen LogP contribution in [0.1, 0.15) is 39.5 Å². The standard InChI is InChI=1S/C10H21NO/c1-3-11-9(2)8-12-10-6-4-5-7-10/h9-11H,3-8H2,1-2H3.